The van der Waals surface area contributed by atoms with Gasteiger partial charge in [-0.05, 0) is 36.4 Å². The van der Waals surface area contributed by atoms with Crippen LogP contribution in [0.3, 0.4) is 0 Å². The fourth-order valence-electron chi connectivity index (χ4n) is 2.86. The zero-order chi connectivity index (χ0) is 18.0. The number of benzene rings is 1. The lowest BCUT2D eigenvalue weighted by atomic mass is 10.1. The first kappa shape index (κ1) is 16.9. The molecule has 5 heteroatoms. The fourth-order valence-corrected chi connectivity index (χ4v) is 2.86. The van der Waals surface area contributed by atoms with Crippen molar-refractivity contribution < 1.29 is 9.50 Å². The van der Waals surface area contributed by atoms with E-state index in [0.717, 1.165) is 28.3 Å². The Morgan fingerprint density at radius 2 is 1.76 bits per heavy atom. The van der Waals surface area contributed by atoms with Gasteiger partial charge in [0.2, 0.25) is 0 Å². The van der Waals surface area contributed by atoms with Crippen molar-refractivity contribution in [3.05, 3.63) is 72.8 Å². The Labute approximate surface area is 146 Å². The third kappa shape index (κ3) is 3.45. The summed E-state index contributed by atoms with van der Waals surface area (Å²) in [5, 5.41) is 9.79. The molecule has 3 aromatic rings. The van der Waals surface area contributed by atoms with Crippen molar-refractivity contribution in [3.63, 3.8) is 0 Å². The first-order valence-corrected chi connectivity index (χ1v) is 8.11. The summed E-state index contributed by atoms with van der Waals surface area (Å²) in [6.45, 7) is 7.94. The number of hydrogen-bond donors (Lipinski definition) is 1. The summed E-state index contributed by atoms with van der Waals surface area (Å²) in [5.74, 6) is 0.732. The molecule has 0 aliphatic carbocycles. The predicted octanol–water partition coefficient (Wildman–Crippen LogP) is 4.95. The van der Waals surface area contributed by atoms with Crippen molar-refractivity contribution in [2.24, 2.45) is 0 Å². The van der Waals surface area contributed by atoms with E-state index in [1.165, 1.54) is 12.1 Å². The zero-order valence-electron chi connectivity index (χ0n) is 14.3. The second-order valence-corrected chi connectivity index (χ2v) is 6.22. The van der Waals surface area contributed by atoms with Crippen molar-refractivity contribution in [2.45, 2.75) is 26.3 Å². The Morgan fingerprint density at radius 3 is 2.32 bits per heavy atom. The largest absolute Gasteiger partial charge is 0.511 e. The van der Waals surface area contributed by atoms with Crippen LogP contribution >= 0.6 is 0 Å². The van der Waals surface area contributed by atoms with E-state index in [-0.39, 0.29) is 24.0 Å². The minimum Gasteiger partial charge on any atom is -0.511 e. The highest BCUT2D eigenvalue weighted by Crippen LogP contribution is 2.35. The standard InChI is InChI=1S/C20H20FN3O/c1-13(2)20-23-18(15-8-10-22-11-9-15)19(24(20)12-14(3)25)16-4-6-17(21)7-5-16/h4-11,13,25H,3,12H2,1-2H3. The maximum Gasteiger partial charge on any atom is 0.123 e. The highest BCUT2D eigenvalue weighted by atomic mass is 19.1. The minimum atomic E-state index is -0.295. The molecule has 0 radical (unpaired) electrons. The van der Waals surface area contributed by atoms with E-state index in [2.05, 4.69) is 11.6 Å². The molecule has 0 saturated heterocycles. The molecule has 4 nitrogen and oxygen atoms in total. The first-order chi connectivity index (χ1) is 12.0. The van der Waals surface area contributed by atoms with Gasteiger partial charge in [-0.1, -0.05) is 20.4 Å². The molecular formula is C20H20FN3O. The molecule has 3 rings (SSSR count). The molecule has 0 bridgehead atoms. The van der Waals surface area contributed by atoms with Crippen LogP contribution in [0, 0.1) is 5.82 Å². The number of imidazole rings is 1. The van der Waals surface area contributed by atoms with E-state index in [4.69, 9.17) is 4.98 Å². The Bertz CT molecular complexity index is 883. The number of halogens is 1. The molecular weight excluding hydrogens is 317 g/mol. The number of allylic oxidation sites excluding steroid dienone is 1. The smallest absolute Gasteiger partial charge is 0.123 e. The summed E-state index contributed by atoms with van der Waals surface area (Å²) in [6, 6.07) is 10.1. The highest BCUT2D eigenvalue weighted by Gasteiger charge is 2.22. The van der Waals surface area contributed by atoms with Crippen molar-refractivity contribution in [3.8, 4) is 22.5 Å². The highest BCUT2D eigenvalue weighted by molar-refractivity contribution is 5.79. The quantitative estimate of drug-likeness (QED) is 0.670. The van der Waals surface area contributed by atoms with Crippen LogP contribution in [-0.4, -0.2) is 19.6 Å². The zero-order valence-corrected chi connectivity index (χ0v) is 14.3. The minimum absolute atomic E-state index is 0.0453. The van der Waals surface area contributed by atoms with Gasteiger partial charge >= 0.3 is 0 Å². The average Bonchev–Trinajstić information content (AvgIpc) is 2.95. The molecule has 0 saturated carbocycles. The second-order valence-electron chi connectivity index (χ2n) is 6.22. The van der Waals surface area contributed by atoms with Crippen LogP contribution in [0.1, 0.15) is 25.6 Å². The maximum absolute atomic E-state index is 13.4. The van der Waals surface area contributed by atoms with Crippen LogP contribution < -0.4 is 0 Å². The summed E-state index contributed by atoms with van der Waals surface area (Å²) in [7, 11) is 0. The van der Waals surface area contributed by atoms with Crippen molar-refractivity contribution >= 4 is 0 Å². The van der Waals surface area contributed by atoms with E-state index >= 15 is 0 Å². The average molecular weight is 337 g/mol. The topological polar surface area (TPSA) is 50.9 Å². The molecule has 128 valence electrons. The van der Waals surface area contributed by atoms with Crippen LogP contribution in [0.25, 0.3) is 22.5 Å². The van der Waals surface area contributed by atoms with Gasteiger partial charge in [0.25, 0.3) is 0 Å². The molecule has 0 atom stereocenters. The summed E-state index contributed by atoms with van der Waals surface area (Å²) in [6.07, 6.45) is 3.42. The van der Waals surface area contributed by atoms with Gasteiger partial charge in [0.15, 0.2) is 0 Å². The molecule has 1 N–H and O–H groups in total. The molecule has 2 heterocycles. The Morgan fingerprint density at radius 1 is 1.12 bits per heavy atom. The van der Waals surface area contributed by atoms with Gasteiger partial charge in [-0.3, -0.25) is 4.98 Å². The Hall–Kier alpha value is -2.95. The molecule has 0 spiro atoms. The number of pyridine rings is 1. The lowest BCUT2D eigenvalue weighted by Gasteiger charge is -2.14. The normalized spacial score (nSPS) is 11.0. The molecule has 1 aromatic carbocycles. The van der Waals surface area contributed by atoms with E-state index in [9.17, 15) is 9.50 Å². The number of aliphatic hydroxyl groups is 1. The van der Waals surface area contributed by atoms with Crippen LogP contribution in [0.5, 0.6) is 0 Å². The lowest BCUT2D eigenvalue weighted by Crippen LogP contribution is -2.08. The summed E-state index contributed by atoms with van der Waals surface area (Å²) >= 11 is 0. The number of nitrogens with zero attached hydrogens (tertiary/aromatic N) is 3. The summed E-state index contributed by atoms with van der Waals surface area (Å²) in [5.41, 5.74) is 3.34. The SMILES string of the molecule is C=C(O)Cn1c(C(C)C)nc(-c2ccncc2)c1-c1ccc(F)cc1. The molecule has 0 aliphatic rings. The van der Waals surface area contributed by atoms with Gasteiger partial charge in [0, 0.05) is 29.4 Å². The molecule has 0 aliphatic heterocycles. The van der Waals surface area contributed by atoms with Gasteiger partial charge in [-0.15, -0.1) is 0 Å². The molecule has 0 unspecified atom stereocenters. The van der Waals surface area contributed by atoms with Crippen molar-refractivity contribution in [2.75, 3.05) is 0 Å². The Kier molecular flexibility index (Phi) is 4.65. The summed E-state index contributed by atoms with van der Waals surface area (Å²) in [4.78, 5) is 8.88. The van der Waals surface area contributed by atoms with Gasteiger partial charge in [0.1, 0.15) is 17.4 Å². The maximum atomic E-state index is 13.4. The fraction of sp³-hybridized carbons (Fsp3) is 0.200. The predicted molar refractivity (Wildman–Crippen MR) is 96.7 cm³/mol. The summed E-state index contributed by atoms with van der Waals surface area (Å²) < 4.78 is 15.3. The van der Waals surface area contributed by atoms with E-state index in [1.807, 2.05) is 30.5 Å². The van der Waals surface area contributed by atoms with Crippen molar-refractivity contribution in [1.82, 2.24) is 14.5 Å². The van der Waals surface area contributed by atoms with Crippen LogP contribution in [0.4, 0.5) is 4.39 Å². The molecule has 2 aromatic heterocycles. The first-order valence-electron chi connectivity index (χ1n) is 8.11. The van der Waals surface area contributed by atoms with E-state index < -0.39 is 0 Å². The second kappa shape index (κ2) is 6.89. The number of aliphatic hydroxyl groups excluding tert-OH is 1. The number of aromatic nitrogens is 3. The van der Waals surface area contributed by atoms with Crippen molar-refractivity contribution in [1.29, 1.82) is 0 Å². The van der Waals surface area contributed by atoms with E-state index in [1.54, 1.807) is 24.5 Å². The molecule has 25 heavy (non-hydrogen) atoms. The third-order valence-electron chi connectivity index (χ3n) is 3.93. The molecule has 0 amide bonds. The monoisotopic (exact) mass is 337 g/mol. The van der Waals surface area contributed by atoms with Crippen LogP contribution in [0.2, 0.25) is 0 Å². The number of rotatable bonds is 5. The number of hydrogen-bond acceptors (Lipinski definition) is 3. The lowest BCUT2D eigenvalue weighted by molar-refractivity contribution is 0.376. The van der Waals surface area contributed by atoms with Gasteiger partial charge in [0.05, 0.1) is 17.9 Å². The van der Waals surface area contributed by atoms with Gasteiger partial charge in [-0.2, -0.15) is 0 Å². The molecule has 0 fully saturated rings. The Balaban J connectivity index is 2.30. The van der Waals surface area contributed by atoms with Crippen LogP contribution in [-0.2, 0) is 6.54 Å². The van der Waals surface area contributed by atoms with E-state index in [0.29, 0.717) is 0 Å². The van der Waals surface area contributed by atoms with Crippen LogP contribution in [0.15, 0.2) is 61.1 Å². The van der Waals surface area contributed by atoms with Gasteiger partial charge in [-0.25, -0.2) is 9.37 Å². The third-order valence-corrected chi connectivity index (χ3v) is 3.93. The van der Waals surface area contributed by atoms with Gasteiger partial charge < -0.3 is 9.67 Å².